The topological polar surface area (TPSA) is 114 Å². The smallest absolute Gasteiger partial charge is 0.258 e. The highest BCUT2D eigenvalue weighted by atomic mass is 16.5. The van der Waals surface area contributed by atoms with Crippen LogP contribution in [0.3, 0.4) is 0 Å². The number of ether oxygens (including phenoxy) is 3. The second-order valence-corrected chi connectivity index (χ2v) is 6.27. The van der Waals surface area contributed by atoms with Gasteiger partial charge in [-0.05, 0) is 42.8 Å². The molecule has 1 aliphatic rings. The van der Waals surface area contributed by atoms with Crippen LogP contribution in [-0.4, -0.2) is 37.4 Å². The zero-order chi connectivity index (χ0) is 21.0. The fourth-order valence-electron chi connectivity index (χ4n) is 2.60. The van der Waals surface area contributed by atoms with E-state index in [1.54, 1.807) is 43.5 Å². The minimum atomic E-state index is -1.39. The minimum Gasteiger partial charge on any atom is -0.548 e. The summed E-state index contributed by atoms with van der Waals surface area (Å²) in [6.45, 7) is 0.900. The first kappa shape index (κ1) is 19.9. The Morgan fingerprint density at radius 2 is 1.86 bits per heavy atom. The first-order chi connectivity index (χ1) is 13.9. The summed E-state index contributed by atoms with van der Waals surface area (Å²) in [5.74, 6) is -0.771. The number of carbonyl (C=O) groups excluding carboxylic acids is 3. The molecule has 0 bridgehead atoms. The van der Waals surface area contributed by atoms with Gasteiger partial charge in [-0.2, -0.15) is 0 Å². The molecule has 2 aromatic carbocycles. The standard InChI is InChI=1S/C21H19NO7/c1-12(21(25)26)22-19(23)11-28-15-7-8-16-17(10-15)29-18(20(16)24)9-13-3-5-14(27-2)6-4-13/h3-10,12H,11H2,1-2H3,(H,22,23)(H,25,26)/p-1/t12-/m0/s1. The molecule has 8 heteroatoms. The van der Waals surface area contributed by atoms with Gasteiger partial charge in [0.05, 0.1) is 24.7 Å². The largest absolute Gasteiger partial charge is 0.548 e. The van der Waals surface area contributed by atoms with E-state index >= 15 is 0 Å². The molecule has 2 aromatic rings. The number of carbonyl (C=O) groups is 3. The van der Waals surface area contributed by atoms with Crippen LogP contribution < -0.4 is 24.6 Å². The summed E-state index contributed by atoms with van der Waals surface area (Å²) in [6.07, 6.45) is 1.62. The predicted molar refractivity (Wildman–Crippen MR) is 100 cm³/mol. The van der Waals surface area contributed by atoms with E-state index in [0.29, 0.717) is 22.8 Å². The lowest BCUT2D eigenvalue weighted by atomic mass is 10.1. The fraction of sp³-hybridized carbons (Fsp3) is 0.190. The third-order valence-corrected chi connectivity index (χ3v) is 4.16. The molecule has 29 heavy (non-hydrogen) atoms. The van der Waals surface area contributed by atoms with Crippen molar-refractivity contribution in [2.24, 2.45) is 0 Å². The van der Waals surface area contributed by atoms with Crippen molar-refractivity contribution in [1.82, 2.24) is 5.32 Å². The van der Waals surface area contributed by atoms with Crippen molar-refractivity contribution in [2.75, 3.05) is 13.7 Å². The number of carboxylic acids is 1. The minimum absolute atomic E-state index is 0.169. The summed E-state index contributed by atoms with van der Waals surface area (Å²) in [4.78, 5) is 34.8. The van der Waals surface area contributed by atoms with Gasteiger partial charge in [-0.1, -0.05) is 12.1 Å². The number of aliphatic carboxylic acids is 1. The lowest BCUT2D eigenvalue weighted by molar-refractivity contribution is -0.307. The van der Waals surface area contributed by atoms with Crippen LogP contribution in [0.4, 0.5) is 0 Å². The molecule has 1 N–H and O–H groups in total. The number of benzene rings is 2. The zero-order valence-corrected chi connectivity index (χ0v) is 15.8. The normalized spacial score (nSPS) is 14.7. The number of fused-ring (bicyclic) bond motifs is 1. The lowest BCUT2D eigenvalue weighted by Crippen LogP contribution is -2.47. The maximum absolute atomic E-state index is 12.5. The maximum Gasteiger partial charge on any atom is 0.258 e. The Morgan fingerprint density at radius 3 is 2.52 bits per heavy atom. The summed E-state index contributed by atoms with van der Waals surface area (Å²) >= 11 is 0. The summed E-state index contributed by atoms with van der Waals surface area (Å²) in [5, 5.41) is 12.9. The molecule has 0 aromatic heterocycles. The molecule has 0 unspecified atom stereocenters. The van der Waals surface area contributed by atoms with E-state index in [9.17, 15) is 19.5 Å². The van der Waals surface area contributed by atoms with Gasteiger partial charge in [-0.15, -0.1) is 0 Å². The van der Waals surface area contributed by atoms with Crippen LogP contribution in [0.25, 0.3) is 6.08 Å². The predicted octanol–water partition coefficient (Wildman–Crippen LogP) is 0.945. The molecule has 0 radical (unpaired) electrons. The lowest BCUT2D eigenvalue weighted by Gasteiger charge is -2.14. The average molecular weight is 396 g/mol. The molecule has 150 valence electrons. The summed E-state index contributed by atoms with van der Waals surface area (Å²) < 4.78 is 16.1. The Kier molecular flexibility index (Phi) is 5.82. The zero-order valence-electron chi connectivity index (χ0n) is 15.8. The number of allylic oxidation sites excluding steroid dienone is 1. The van der Waals surface area contributed by atoms with Crippen LogP contribution in [-0.2, 0) is 9.59 Å². The number of hydrogen-bond donors (Lipinski definition) is 1. The van der Waals surface area contributed by atoms with Crippen molar-refractivity contribution in [3.63, 3.8) is 0 Å². The van der Waals surface area contributed by atoms with Crippen molar-refractivity contribution in [2.45, 2.75) is 13.0 Å². The van der Waals surface area contributed by atoms with Crippen molar-refractivity contribution in [1.29, 1.82) is 0 Å². The third kappa shape index (κ3) is 4.73. The van der Waals surface area contributed by atoms with E-state index in [4.69, 9.17) is 14.2 Å². The molecular weight excluding hydrogens is 378 g/mol. The van der Waals surface area contributed by atoms with Gasteiger partial charge in [0.15, 0.2) is 12.4 Å². The highest BCUT2D eigenvalue weighted by Crippen LogP contribution is 2.35. The first-order valence-corrected chi connectivity index (χ1v) is 8.72. The highest BCUT2D eigenvalue weighted by Gasteiger charge is 2.27. The Morgan fingerprint density at radius 1 is 1.17 bits per heavy atom. The Bertz CT molecular complexity index is 979. The van der Waals surface area contributed by atoms with Gasteiger partial charge in [0, 0.05) is 6.07 Å². The SMILES string of the molecule is COc1ccc(C=C2Oc3cc(OCC(=O)N[C@@H](C)C(=O)[O-])ccc3C2=O)cc1. The molecule has 8 nitrogen and oxygen atoms in total. The first-order valence-electron chi connectivity index (χ1n) is 8.72. The van der Waals surface area contributed by atoms with Crippen LogP contribution in [0.2, 0.25) is 0 Å². The average Bonchev–Trinajstić information content (AvgIpc) is 3.01. The van der Waals surface area contributed by atoms with Gasteiger partial charge in [-0.25, -0.2) is 0 Å². The second-order valence-electron chi connectivity index (χ2n) is 6.27. The number of rotatable bonds is 7. The highest BCUT2D eigenvalue weighted by molar-refractivity contribution is 6.14. The number of Topliss-reactive ketones (excluding diaryl/α,β-unsaturated/α-hetero) is 1. The number of hydrogen-bond acceptors (Lipinski definition) is 7. The molecule has 0 spiro atoms. The third-order valence-electron chi connectivity index (χ3n) is 4.16. The molecular formula is C21H18NO7-. The molecule has 1 aliphatic heterocycles. The van der Waals surface area contributed by atoms with Gasteiger partial charge in [0.2, 0.25) is 5.78 Å². The van der Waals surface area contributed by atoms with Gasteiger partial charge in [0.1, 0.15) is 17.2 Å². The molecule has 0 aliphatic carbocycles. The van der Waals surface area contributed by atoms with Gasteiger partial charge in [-0.3, -0.25) is 9.59 Å². The summed E-state index contributed by atoms with van der Waals surface area (Å²) in [6, 6.07) is 10.6. The van der Waals surface area contributed by atoms with Gasteiger partial charge < -0.3 is 29.4 Å². The van der Waals surface area contributed by atoms with Crippen LogP contribution in [0.15, 0.2) is 48.2 Å². The van der Waals surface area contributed by atoms with Crippen LogP contribution >= 0.6 is 0 Å². The van der Waals surface area contributed by atoms with Crippen LogP contribution in [0.1, 0.15) is 22.8 Å². The molecule has 1 atom stereocenters. The van der Waals surface area contributed by atoms with Crippen molar-refractivity contribution in [3.8, 4) is 17.2 Å². The van der Waals surface area contributed by atoms with E-state index in [1.165, 1.54) is 19.1 Å². The maximum atomic E-state index is 12.5. The number of methoxy groups -OCH3 is 1. The number of ketones is 1. The number of amides is 1. The molecule has 0 fully saturated rings. The van der Waals surface area contributed by atoms with Crippen molar-refractivity contribution in [3.05, 3.63) is 59.4 Å². The second kappa shape index (κ2) is 8.47. The Balaban J connectivity index is 1.66. The quantitative estimate of drug-likeness (QED) is 0.693. The van der Waals surface area contributed by atoms with Gasteiger partial charge >= 0.3 is 0 Å². The van der Waals surface area contributed by atoms with Crippen LogP contribution in [0.5, 0.6) is 17.2 Å². The number of carboxylic acid groups (broad SMARTS) is 1. The van der Waals surface area contributed by atoms with E-state index in [-0.39, 0.29) is 18.1 Å². The summed E-state index contributed by atoms with van der Waals surface area (Å²) in [7, 11) is 1.57. The molecule has 3 rings (SSSR count). The Labute approximate surface area is 166 Å². The monoisotopic (exact) mass is 396 g/mol. The van der Waals surface area contributed by atoms with E-state index < -0.39 is 17.9 Å². The Hall–Kier alpha value is -3.81. The summed E-state index contributed by atoms with van der Waals surface area (Å²) in [5.41, 5.74) is 1.16. The van der Waals surface area contributed by atoms with Crippen molar-refractivity contribution < 1.29 is 33.7 Å². The molecule has 0 saturated carbocycles. The van der Waals surface area contributed by atoms with E-state index in [1.807, 2.05) is 0 Å². The van der Waals surface area contributed by atoms with Crippen molar-refractivity contribution >= 4 is 23.7 Å². The van der Waals surface area contributed by atoms with E-state index in [2.05, 4.69) is 5.32 Å². The molecule has 1 heterocycles. The number of nitrogens with one attached hydrogen (secondary N) is 1. The van der Waals surface area contributed by atoms with E-state index in [0.717, 1.165) is 5.56 Å². The molecule has 1 amide bonds. The van der Waals surface area contributed by atoms with Gasteiger partial charge in [0.25, 0.3) is 5.91 Å². The molecule has 0 saturated heterocycles. The fourth-order valence-corrected chi connectivity index (χ4v) is 2.60. The van der Waals surface area contributed by atoms with Crippen LogP contribution in [0, 0.1) is 0 Å².